The highest BCUT2D eigenvalue weighted by Gasteiger charge is 1.82. The molecule has 92 valence electrons. The first-order valence-corrected chi connectivity index (χ1v) is 5.49. The Hall–Kier alpha value is -1.40. The van der Waals surface area contributed by atoms with Crippen molar-refractivity contribution >= 4 is 6.21 Å². The molecule has 0 amide bonds. The number of aliphatic hydroxyl groups excluding tert-OH is 1. The summed E-state index contributed by atoms with van der Waals surface area (Å²) in [6.07, 6.45) is 7.72. The quantitative estimate of drug-likeness (QED) is 0.591. The molecule has 0 unspecified atom stereocenters. The SMILES string of the molecule is C/C=C(\C=NC)CO.CC.CC/C=C/C#N. The standard InChI is InChI=1S/C6H11NO.C5H7N.C2H6/c1-3-6(5-8)4-7-2;1-2-3-4-5-6;1-2/h3-4,8H,5H2,1-2H3;3-4H,2H2,1H3;1-2H3/b6-3+,7-4?;4-3+;. The highest BCUT2D eigenvalue weighted by molar-refractivity contribution is 5.78. The number of hydrogen-bond acceptors (Lipinski definition) is 3. The smallest absolute Gasteiger partial charge is 0.0908 e. The maximum atomic E-state index is 8.50. The van der Waals surface area contributed by atoms with Crippen LogP contribution in [-0.4, -0.2) is 25.0 Å². The van der Waals surface area contributed by atoms with Gasteiger partial charge in [0.15, 0.2) is 0 Å². The molecule has 0 aliphatic carbocycles. The van der Waals surface area contributed by atoms with E-state index in [2.05, 4.69) is 4.99 Å². The molecule has 0 aliphatic rings. The molecule has 3 nitrogen and oxygen atoms in total. The summed E-state index contributed by atoms with van der Waals surface area (Å²) in [7, 11) is 1.68. The zero-order valence-electron chi connectivity index (χ0n) is 11.1. The van der Waals surface area contributed by atoms with Crippen LogP contribution in [0.4, 0.5) is 0 Å². The van der Waals surface area contributed by atoms with Gasteiger partial charge in [0.2, 0.25) is 0 Å². The number of allylic oxidation sites excluding steroid dienone is 3. The molecule has 0 aromatic heterocycles. The number of rotatable bonds is 3. The van der Waals surface area contributed by atoms with Crippen LogP contribution in [0.2, 0.25) is 0 Å². The van der Waals surface area contributed by atoms with Gasteiger partial charge in [0.25, 0.3) is 0 Å². The highest BCUT2D eigenvalue weighted by atomic mass is 16.3. The first kappa shape index (κ1) is 20.1. The zero-order chi connectivity index (χ0) is 13.2. The van der Waals surface area contributed by atoms with Crippen LogP contribution >= 0.6 is 0 Å². The Labute approximate surface area is 99.8 Å². The molecular weight excluding hydrogens is 200 g/mol. The lowest BCUT2D eigenvalue weighted by molar-refractivity contribution is 0.337. The monoisotopic (exact) mass is 224 g/mol. The number of hydrogen-bond donors (Lipinski definition) is 1. The lowest BCUT2D eigenvalue weighted by Gasteiger charge is -1.88. The fraction of sp³-hybridized carbons (Fsp3) is 0.538. The van der Waals surface area contributed by atoms with Gasteiger partial charge in [-0.25, -0.2) is 0 Å². The first-order chi connectivity index (χ1) is 7.76. The second-order valence-corrected chi connectivity index (χ2v) is 2.35. The number of nitrogens with zero attached hydrogens (tertiary/aromatic N) is 2. The summed E-state index contributed by atoms with van der Waals surface area (Å²) in [5, 5.41) is 16.4. The molecule has 3 heteroatoms. The minimum atomic E-state index is 0.0772. The highest BCUT2D eigenvalue weighted by Crippen LogP contribution is 1.84. The molecule has 0 saturated carbocycles. The van der Waals surface area contributed by atoms with E-state index >= 15 is 0 Å². The number of aliphatic imine (C=N–C) groups is 1. The molecular formula is C13H24N2O. The van der Waals surface area contributed by atoms with E-state index in [0.29, 0.717) is 0 Å². The summed E-state index contributed by atoms with van der Waals surface area (Å²) in [4.78, 5) is 3.72. The van der Waals surface area contributed by atoms with Crippen molar-refractivity contribution in [3.8, 4) is 6.07 Å². The van der Waals surface area contributed by atoms with Gasteiger partial charge in [-0.05, 0) is 18.9 Å². The molecule has 0 fully saturated rings. The third kappa shape index (κ3) is 22.9. The van der Waals surface area contributed by atoms with Gasteiger partial charge >= 0.3 is 0 Å². The van der Waals surface area contributed by atoms with E-state index in [0.717, 1.165) is 12.0 Å². The summed E-state index contributed by atoms with van der Waals surface area (Å²) < 4.78 is 0. The minimum Gasteiger partial charge on any atom is -0.392 e. The fourth-order valence-electron chi connectivity index (χ4n) is 0.543. The molecule has 0 heterocycles. The number of nitriles is 1. The Morgan fingerprint density at radius 1 is 1.44 bits per heavy atom. The topological polar surface area (TPSA) is 56.4 Å². The Morgan fingerprint density at radius 2 is 2.00 bits per heavy atom. The van der Waals surface area contributed by atoms with Crippen molar-refractivity contribution in [1.29, 1.82) is 5.26 Å². The minimum absolute atomic E-state index is 0.0772. The lowest BCUT2D eigenvalue weighted by atomic mass is 10.3. The molecule has 0 aromatic carbocycles. The molecule has 0 aliphatic heterocycles. The summed E-state index contributed by atoms with van der Waals surface area (Å²) in [5.74, 6) is 0. The van der Waals surface area contributed by atoms with Gasteiger partial charge in [0.1, 0.15) is 0 Å². The van der Waals surface area contributed by atoms with Crippen molar-refractivity contribution < 1.29 is 5.11 Å². The van der Waals surface area contributed by atoms with Gasteiger partial charge in [-0.1, -0.05) is 32.9 Å². The van der Waals surface area contributed by atoms with Crippen LogP contribution in [0, 0.1) is 11.3 Å². The fourth-order valence-corrected chi connectivity index (χ4v) is 0.543. The normalized spacial score (nSPS) is 10.2. The molecule has 0 saturated heterocycles. The maximum absolute atomic E-state index is 8.50. The van der Waals surface area contributed by atoms with Gasteiger partial charge in [-0.15, -0.1) is 0 Å². The van der Waals surface area contributed by atoms with E-state index in [1.165, 1.54) is 6.08 Å². The largest absolute Gasteiger partial charge is 0.392 e. The van der Waals surface area contributed by atoms with E-state index in [4.69, 9.17) is 10.4 Å². The Kier molecular flexibility index (Phi) is 29.4. The Balaban J connectivity index is -0.000000188. The van der Waals surface area contributed by atoms with Crippen LogP contribution in [0.3, 0.4) is 0 Å². The van der Waals surface area contributed by atoms with Crippen molar-refractivity contribution in [1.82, 2.24) is 0 Å². The predicted molar refractivity (Wildman–Crippen MR) is 71.7 cm³/mol. The third-order valence-electron chi connectivity index (χ3n) is 1.28. The van der Waals surface area contributed by atoms with Crippen molar-refractivity contribution in [3.05, 3.63) is 23.8 Å². The van der Waals surface area contributed by atoms with E-state index in [1.54, 1.807) is 13.3 Å². The summed E-state index contributed by atoms with van der Waals surface area (Å²) >= 11 is 0. The van der Waals surface area contributed by atoms with E-state index < -0.39 is 0 Å². The summed E-state index contributed by atoms with van der Waals surface area (Å²) in [6, 6.07) is 1.89. The van der Waals surface area contributed by atoms with Crippen molar-refractivity contribution in [2.45, 2.75) is 34.1 Å². The molecule has 0 radical (unpaired) electrons. The van der Waals surface area contributed by atoms with Crippen molar-refractivity contribution in [3.63, 3.8) is 0 Å². The van der Waals surface area contributed by atoms with E-state index in [-0.39, 0.29) is 6.61 Å². The molecule has 0 rings (SSSR count). The van der Waals surface area contributed by atoms with Crippen molar-refractivity contribution in [2.24, 2.45) is 4.99 Å². The van der Waals surface area contributed by atoms with E-state index in [9.17, 15) is 0 Å². The Bertz CT molecular complexity index is 232. The van der Waals surface area contributed by atoms with E-state index in [1.807, 2.05) is 45.9 Å². The maximum Gasteiger partial charge on any atom is 0.0908 e. The van der Waals surface area contributed by atoms with Crippen LogP contribution in [0.15, 0.2) is 28.8 Å². The molecule has 0 bridgehead atoms. The average Bonchev–Trinajstić information content (AvgIpc) is 2.36. The van der Waals surface area contributed by atoms with Crippen molar-refractivity contribution in [2.75, 3.05) is 13.7 Å². The molecule has 0 spiro atoms. The first-order valence-electron chi connectivity index (χ1n) is 5.49. The molecule has 0 aromatic rings. The van der Waals surface area contributed by atoms with Gasteiger partial charge in [-0.3, -0.25) is 4.99 Å². The second-order valence-electron chi connectivity index (χ2n) is 2.35. The van der Waals surface area contributed by atoms with Gasteiger partial charge < -0.3 is 5.11 Å². The van der Waals surface area contributed by atoms with Crippen LogP contribution in [0.5, 0.6) is 0 Å². The number of aliphatic hydroxyl groups is 1. The van der Waals surface area contributed by atoms with Crippen LogP contribution in [0.1, 0.15) is 34.1 Å². The molecule has 16 heavy (non-hydrogen) atoms. The van der Waals surface area contributed by atoms with Gasteiger partial charge in [0, 0.05) is 19.3 Å². The van der Waals surface area contributed by atoms with Gasteiger partial charge in [0.05, 0.1) is 12.7 Å². The summed E-state index contributed by atoms with van der Waals surface area (Å²) in [6.45, 7) is 7.94. The molecule has 0 atom stereocenters. The van der Waals surface area contributed by atoms with Crippen LogP contribution < -0.4 is 0 Å². The lowest BCUT2D eigenvalue weighted by Crippen LogP contribution is -1.89. The third-order valence-corrected chi connectivity index (χ3v) is 1.28. The average molecular weight is 224 g/mol. The Morgan fingerprint density at radius 3 is 2.12 bits per heavy atom. The van der Waals surface area contributed by atoms with Gasteiger partial charge in [-0.2, -0.15) is 5.26 Å². The zero-order valence-corrected chi connectivity index (χ0v) is 11.1. The second kappa shape index (κ2) is 23.4. The summed E-state index contributed by atoms with van der Waals surface area (Å²) in [5.41, 5.74) is 0.854. The van der Waals surface area contributed by atoms with Crippen LogP contribution in [-0.2, 0) is 0 Å². The molecule has 1 N–H and O–H groups in total. The predicted octanol–water partition coefficient (Wildman–Crippen LogP) is 3.13. The van der Waals surface area contributed by atoms with Crippen LogP contribution in [0.25, 0.3) is 0 Å².